The molecule has 1 fully saturated rings. The number of carbonyl (C=O) groups is 1. The van der Waals surface area contributed by atoms with E-state index in [2.05, 4.69) is 40.5 Å². The van der Waals surface area contributed by atoms with E-state index in [-0.39, 0.29) is 18.3 Å². The van der Waals surface area contributed by atoms with Crippen molar-refractivity contribution in [1.29, 1.82) is 0 Å². The van der Waals surface area contributed by atoms with Crippen molar-refractivity contribution in [3.05, 3.63) is 89.7 Å². The number of carbonyl (C=O) groups excluding carboxylic acids is 1. The maximum absolute atomic E-state index is 13.1. The van der Waals surface area contributed by atoms with Crippen molar-refractivity contribution >= 4 is 28.8 Å². The normalized spacial score (nSPS) is 13.8. The summed E-state index contributed by atoms with van der Waals surface area (Å²) >= 11 is 5.82. The third-order valence-electron chi connectivity index (χ3n) is 6.25. The summed E-state index contributed by atoms with van der Waals surface area (Å²) in [6.07, 6.45) is 3.33. The molecule has 1 saturated heterocycles. The van der Waals surface area contributed by atoms with Gasteiger partial charge >= 0.3 is 0 Å². The van der Waals surface area contributed by atoms with Crippen molar-refractivity contribution in [3.63, 3.8) is 0 Å². The quantitative estimate of drug-likeness (QED) is 0.368. The van der Waals surface area contributed by atoms with Crippen molar-refractivity contribution in [1.82, 2.24) is 4.90 Å². The number of rotatable bonds is 9. The molecule has 0 atom stereocenters. The molecule has 0 saturated carbocycles. The predicted octanol–water partition coefficient (Wildman–Crippen LogP) is 5.87. The lowest BCUT2D eigenvalue weighted by atomic mass is 9.90. The van der Waals surface area contributed by atoms with Gasteiger partial charge in [0.2, 0.25) is 0 Å². The van der Waals surface area contributed by atoms with Crippen molar-refractivity contribution in [2.45, 2.75) is 26.2 Å². The molecule has 36 heavy (non-hydrogen) atoms. The van der Waals surface area contributed by atoms with Crippen LogP contribution < -0.4 is 14.8 Å². The number of hydrogen-bond acceptors (Lipinski definition) is 4. The van der Waals surface area contributed by atoms with Gasteiger partial charge in [-0.1, -0.05) is 42.5 Å². The third kappa shape index (κ3) is 7.04. The fourth-order valence-corrected chi connectivity index (χ4v) is 4.68. The van der Waals surface area contributed by atoms with E-state index in [1.807, 2.05) is 19.1 Å². The first-order valence-corrected chi connectivity index (χ1v) is 12.7. The molecule has 0 aliphatic carbocycles. The summed E-state index contributed by atoms with van der Waals surface area (Å²) in [6, 6.07) is 21.8. The highest BCUT2D eigenvalue weighted by molar-refractivity contribution is 7.80. The van der Waals surface area contributed by atoms with Crippen LogP contribution in [0.25, 0.3) is 0 Å². The van der Waals surface area contributed by atoms with Crippen LogP contribution in [0.1, 0.15) is 30.9 Å². The summed E-state index contributed by atoms with van der Waals surface area (Å²) in [5, 5.41) is 2.68. The third-order valence-corrected chi connectivity index (χ3v) is 6.74. The number of halogens is 1. The largest absolute Gasteiger partial charge is 0.490 e. The second-order valence-corrected chi connectivity index (χ2v) is 9.25. The Morgan fingerprint density at radius 3 is 2.42 bits per heavy atom. The van der Waals surface area contributed by atoms with E-state index < -0.39 is 0 Å². The molecular weight excluding hydrogens is 475 g/mol. The van der Waals surface area contributed by atoms with Gasteiger partial charge in [0.1, 0.15) is 10.8 Å². The van der Waals surface area contributed by atoms with Crippen molar-refractivity contribution in [2.24, 2.45) is 5.92 Å². The lowest BCUT2D eigenvalue weighted by Crippen LogP contribution is -2.38. The topological polar surface area (TPSA) is 50.8 Å². The number of likely N-dealkylation sites (tertiary alicyclic amines) is 1. The van der Waals surface area contributed by atoms with E-state index in [9.17, 15) is 9.18 Å². The first-order chi connectivity index (χ1) is 17.5. The Bertz CT molecular complexity index is 1160. The first kappa shape index (κ1) is 25.6. The zero-order valence-electron chi connectivity index (χ0n) is 20.4. The van der Waals surface area contributed by atoms with Gasteiger partial charge in [-0.25, -0.2) is 4.39 Å². The molecule has 1 N–H and O–H groups in total. The molecule has 188 valence electrons. The average Bonchev–Trinajstić information content (AvgIpc) is 2.90. The molecule has 7 heteroatoms. The molecule has 0 spiro atoms. The Balaban J connectivity index is 1.33. The van der Waals surface area contributed by atoms with Crippen LogP contribution in [-0.2, 0) is 11.2 Å². The molecule has 0 unspecified atom stereocenters. The highest BCUT2D eigenvalue weighted by Crippen LogP contribution is 2.30. The Kier molecular flexibility index (Phi) is 8.90. The Morgan fingerprint density at radius 1 is 1.00 bits per heavy atom. The number of piperidine rings is 1. The summed E-state index contributed by atoms with van der Waals surface area (Å²) in [5.41, 5.74) is 2.79. The lowest BCUT2D eigenvalue weighted by molar-refractivity contribution is -0.118. The highest BCUT2D eigenvalue weighted by Gasteiger charge is 2.22. The Labute approximate surface area is 217 Å². The number of thiocarbonyl (C=S) groups is 1. The number of anilines is 1. The Hall–Kier alpha value is -3.45. The molecule has 1 heterocycles. The van der Waals surface area contributed by atoms with Crippen LogP contribution in [0.5, 0.6) is 11.5 Å². The van der Waals surface area contributed by atoms with E-state index in [4.69, 9.17) is 21.7 Å². The second-order valence-electron chi connectivity index (χ2n) is 8.86. The fraction of sp³-hybridized carbons (Fsp3) is 0.310. The number of nitrogens with zero attached hydrogens (tertiary/aromatic N) is 1. The van der Waals surface area contributed by atoms with Gasteiger partial charge in [-0.05, 0) is 80.1 Å². The van der Waals surface area contributed by atoms with Crippen LogP contribution >= 0.6 is 12.2 Å². The molecule has 1 aliphatic rings. The van der Waals surface area contributed by atoms with Gasteiger partial charge in [-0.15, -0.1) is 0 Å². The number of amides is 1. The van der Waals surface area contributed by atoms with Crippen molar-refractivity contribution in [3.8, 4) is 11.5 Å². The van der Waals surface area contributed by atoms with E-state index in [0.29, 0.717) is 29.7 Å². The average molecular weight is 507 g/mol. The number of nitrogens with one attached hydrogen (secondary N) is 1. The summed E-state index contributed by atoms with van der Waals surface area (Å²) in [5.74, 6) is 0.981. The summed E-state index contributed by atoms with van der Waals surface area (Å²) in [7, 11) is 0. The van der Waals surface area contributed by atoms with Crippen LogP contribution in [0.3, 0.4) is 0 Å². The monoisotopic (exact) mass is 506 g/mol. The number of ether oxygens (including phenoxy) is 2. The molecular formula is C29H31FN2O3S. The van der Waals surface area contributed by atoms with Gasteiger partial charge in [-0.2, -0.15) is 0 Å². The first-order valence-electron chi connectivity index (χ1n) is 12.3. The minimum absolute atomic E-state index is 0.198. The summed E-state index contributed by atoms with van der Waals surface area (Å²) < 4.78 is 24.6. The van der Waals surface area contributed by atoms with Gasteiger partial charge in [0.05, 0.1) is 6.61 Å². The van der Waals surface area contributed by atoms with Crippen molar-refractivity contribution in [2.75, 3.05) is 31.6 Å². The Morgan fingerprint density at radius 2 is 1.72 bits per heavy atom. The van der Waals surface area contributed by atoms with E-state index >= 15 is 0 Å². The van der Waals surface area contributed by atoms with Gasteiger partial charge in [0.25, 0.3) is 5.91 Å². The van der Waals surface area contributed by atoms with Crippen LogP contribution in [0.2, 0.25) is 0 Å². The summed E-state index contributed by atoms with van der Waals surface area (Å²) in [4.78, 5) is 15.3. The van der Waals surface area contributed by atoms with Crippen LogP contribution in [0.4, 0.5) is 10.1 Å². The fourth-order valence-electron chi connectivity index (χ4n) is 4.37. The van der Waals surface area contributed by atoms with E-state index in [1.54, 1.807) is 6.07 Å². The molecule has 0 radical (unpaired) electrons. The maximum Gasteiger partial charge on any atom is 0.262 e. The standard InChI is InChI=1S/C29H31FN2O3S/c1-2-34-27-19-23(8-13-26(27)35-20-28(33)31-25-11-9-24(30)10-12-25)29(36)32-16-14-22(15-17-32)18-21-6-4-3-5-7-21/h3-13,19,22H,2,14-18,20H2,1H3,(H,31,33). The lowest BCUT2D eigenvalue weighted by Gasteiger charge is -2.34. The molecule has 1 aliphatic heterocycles. The number of hydrogen-bond donors (Lipinski definition) is 1. The van der Waals surface area contributed by atoms with Crippen LogP contribution in [-0.4, -0.2) is 42.1 Å². The number of benzene rings is 3. The predicted molar refractivity (Wildman–Crippen MR) is 144 cm³/mol. The van der Waals surface area contributed by atoms with Gasteiger partial charge < -0.3 is 19.7 Å². The molecule has 3 aromatic carbocycles. The summed E-state index contributed by atoms with van der Waals surface area (Å²) in [6.45, 7) is 4.02. The van der Waals surface area contributed by atoms with Crippen LogP contribution in [0, 0.1) is 11.7 Å². The van der Waals surface area contributed by atoms with Gasteiger partial charge in [-0.3, -0.25) is 4.79 Å². The smallest absolute Gasteiger partial charge is 0.262 e. The second kappa shape index (κ2) is 12.5. The minimum Gasteiger partial charge on any atom is -0.490 e. The molecule has 1 amide bonds. The molecule has 0 aromatic heterocycles. The molecule has 3 aromatic rings. The SMILES string of the molecule is CCOc1cc(C(=S)N2CCC(Cc3ccccc3)CC2)ccc1OCC(=O)Nc1ccc(F)cc1. The maximum atomic E-state index is 13.1. The van der Waals surface area contributed by atoms with E-state index in [1.165, 1.54) is 29.8 Å². The van der Waals surface area contributed by atoms with Crippen molar-refractivity contribution < 1.29 is 18.7 Å². The molecule has 0 bridgehead atoms. The van der Waals surface area contributed by atoms with E-state index in [0.717, 1.165) is 42.9 Å². The zero-order valence-corrected chi connectivity index (χ0v) is 21.2. The highest BCUT2D eigenvalue weighted by atomic mass is 32.1. The zero-order chi connectivity index (χ0) is 25.3. The van der Waals surface area contributed by atoms with Gasteiger partial charge in [0.15, 0.2) is 18.1 Å². The van der Waals surface area contributed by atoms with Gasteiger partial charge in [0, 0.05) is 24.3 Å². The minimum atomic E-state index is -0.361. The van der Waals surface area contributed by atoms with Crippen LogP contribution in [0.15, 0.2) is 72.8 Å². The molecule has 4 rings (SSSR count). The molecule has 5 nitrogen and oxygen atoms in total.